The van der Waals surface area contributed by atoms with Crippen LogP contribution >= 0.6 is 0 Å². The topological polar surface area (TPSA) is 84.5 Å². The van der Waals surface area contributed by atoms with Crippen LogP contribution in [-0.2, 0) is 14.8 Å². The van der Waals surface area contributed by atoms with Crippen molar-refractivity contribution in [2.24, 2.45) is 0 Å². The molecule has 0 aliphatic rings. The van der Waals surface area contributed by atoms with Gasteiger partial charge in [-0.25, -0.2) is 13.1 Å². The lowest BCUT2D eigenvalue weighted by Gasteiger charge is -2.20. The zero-order chi connectivity index (χ0) is 16.3. The Hall–Kier alpha value is -1.60. The molecule has 0 aliphatic heterocycles. The fraction of sp³-hybridized carbons (Fsp3) is 0.500. The molecule has 118 valence electrons. The number of sulfonamides is 1. The van der Waals surface area contributed by atoms with E-state index in [1.54, 1.807) is 13.0 Å². The normalized spacial score (nSPS) is 12.0. The van der Waals surface area contributed by atoms with Crippen LogP contribution in [0.5, 0.6) is 5.75 Å². The number of rotatable bonds is 5. The maximum atomic E-state index is 12.1. The molecule has 2 N–H and O–H groups in total. The summed E-state index contributed by atoms with van der Waals surface area (Å²) in [6.45, 7) is 6.93. The minimum Gasteiger partial charge on any atom is -0.496 e. The van der Waals surface area contributed by atoms with Gasteiger partial charge in [-0.1, -0.05) is 0 Å². The average molecular weight is 314 g/mol. The van der Waals surface area contributed by atoms with E-state index in [2.05, 4.69) is 10.0 Å². The third kappa shape index (κ3) is 5.35. The lowest BCUT2D eigenvalue weighted by molar-refractivity contribution is -0.121. The first-order valence-corrected chi connectivity index (χ1v) is 7.99. The van der Waals surface area contributed by atoms with E-state index in [9.17, 15) is 13.2 Å². The smallest absolute Gasteiger partial charge is 0.241 e. The van der Waals surface area contributed by atoms with Crippen LogP contribution in [0.1, 0.15) is 26.3 Å². The lowest BCUT2D eigenvalue weighted by atomic mass is 10.1. The number of nitrogens with one attached hydrogen (secondary N) is 2. The Morgan fingerprint density at radius 3 is 2.38 bits per heavy atom. The molecule has 1 rings (SSSR count). The molecule has 0 spiro atoms. The van der Waals surface area contributed by atoms with E-state index in [0.29, 0.717) is 11.3 Å². The highest BCUT2D eigenvalue weighted by Crippen LogP contribution is 2.21. The first-order chi connectivity index (χ1) is 9.55. The summed E-state index contributed by atoms with van der Waals surface area (Å²) in [4.78, 5) is 11.7. The average Bonchev–Trinajstić information content (AvgIpc) is 2.34. The molecule has 0 fully saturated rings. The summed E-state index contributed by atoms with van der Waals surface area (Å²) in [5.74, 6) is 0.232. The Balaban J connectivity index is 2.78. The van der Waals surface area contributed by atoms with Crippen LogP contribution in [0.4, 0.5) is 0 Å². The predicted molar refractivity (Wildman–Crippen MR) is 80.8 cm³/mol. The second-order valence-electron chi connectivity index (χ2n) is 5.75. The molecule has 0 unspecified atom stereocenters. The number of amides is 1. The fourth-order valence-electron chi connectivity index (χ4n) is 1.72. The molecule has 0 aromatic heterocycles. The van der Waals surface area contributed by atoms with Crippen LogP contribution < -0.4 is 14.8 Å². The van der Waals surface area contributed by atoms with Crippen molar-refractivity contribution in [1.29, 1.82) is 0 Å². The van der Waals surface area contributed by atoms with E-state index >= 15 is 0 Å². The molecule has 6 nitrogen and oxygen atoms in total. The largest absolute Gasteiger partial charge is 0.496 e. The molecular weight excluding hydrogens is 292 g/mol. The molecule has 0 radical (unpaired) electrons. The van der Waals surface area contributed by atoms with Crippen LogP contribution in [0.15, 0.2) is 23.1 Å². The molecule has 1 aromatic rings. The van der Waals surface area contributed by atoms with Crippen molar-refractivity contribution < 1.29 is 17.9 Å². The second-order valence-corrected chi connectivity index (χ2v) is 7.52. The van der Waals surface area contributed by atoms with E-state index in [-0.39, 0.29) is 17.3 Å². The summed E-state index contributed by atoms with van der Waals surface area (Å²) in [5.41, 5.74) is 0.304. The van der Waals surface area contributed by atoms with Gasteiger partial charge in [0.2, 0.25) is 15.9 Å². The van der Waals surface area contributed by atoms with Gasteiger partial charge in [0.15, 0.2) is 0 Å². The van der Waals surface area contributed by atoms with Gasteiger partial charge in [0, 0.05) is 5.54 Å². The van der Waals surface area contributed by atoms with Crippen molar-refractivity contribution in [3.8, 4) is 5.75 Å². The second kappa shape index (κ2) is 6.44. The molecular formula is C14H22N2O4S. The van der Waals surface area contributed by atoms with Crippen LogP contribution in [0, 0.1) is 6.92 Å². The van der Waals surface area contributed by atoms with Crippen LogP contribution in [0.3, 0.4) is 0 Å². The fourth-order valence-corrected chi connectivity index (χ4v) is 2.79. The molecule has 0 aliphatic carbocycles. The number of carbonyl (C=O) groups excluding carboxylic acids is 1. The quantitative estimate of drug-likeness (QED) is 0.855. The van der Waals surface area contributed by atoms with Gasteiger partial charge in [0.1, 0.15) is 5.75 Å². The van der Waals surface area contributed by atoms with Crippen molar-refractivity contribution in [2.45, 2.75) is 38.1 Å². The van der Waals surface area contributed by atoms with Gasteiger partial charge in [0.05, 0.1) is 18.6 Å². The zero-order valence-corrected chi connectivity index (χ0v) is 13.8. The van der Waals surface area contributed by atoms with Crippen molar-refractivity contribution in [2.75, 3.05) is 13.7 Å². The number of hydrogen-bond acceptors (Lipinski definition) is 4. The summed E-state index contributed by atoms with van der Waals surface area (Å²) in [6.07, 6.45) is 0. The first-order valence-electron chi connectivity index (χ1n) is 6.50. The lowest BCUT2D eigenvalue weighted by Crippen LogP contribution is -2.45. The summed E-state index contributed by atoms with van der Waals surface area (Å²) < 4.78 is 31.6. The van der Waals surface area contributed by atoms with Crippen molar-refractivity contribution in [3.63, 3.8) is 0 Å². The number of ether oxygens (including phenoxy) is 1. The summed E-state index contributed by atoms with van der Waals surface area (Å²) >= 11 is 0. The van der Waals surface area contributed by atoms with E-state index in [1.165, 1.54) is 19.2 Å². The maximum absolute atomic E-state index is 12.1. The molecule has 0 heterocycles. The third-order valence-corrected chi connectivity index (χ3v) is 4.01. The highest BCUT2D eigenvalue weighted by molar-refractivity contribution is 7.89. The minimum absolute atomic E-state index is 0.101. The van der Waals surface area contributed by atoms with Gasteiger partial charge < -0.3 is 10.1 Å². The van der Waals surface area contributed by atoms with E-state index < -0.39 is 15.6 Å². The number of carbonyl (C=O) groups is 1. The third-order valence-electron chi connectivity index (χ3n) is 2.61. The first kappa shape index (κ1) is 17.5. The van der Waals surface area contributed by atoms with E-state index in [0.717, 1.165) is 0 Å². The van der Waals surface area contributed by atoms with Gasteiger partial charge in [0.25, 0.3) is 0 Å². The predicted octanol–water partition coefficient (Wildman–Crippen LogP) is 1.20. The molecule has 1 aromatic carbocycles. The van der Waals surface area contributed by atoms with Crippen LogP contribution in [-0.4, -0.2) is 33.5 Å². The van der Waals surface area contributed by atoms with Gasteiger partial charge in [-0.3, -0.25) is 4.79 Å². The van der Waals surface area contributed by atoms with Crippen molar-refractivity contribution in [3.05, 3.63) is 23.8 Å². The Kier molecular flexibility index (Phi) is 5.36. The highest BCUT2D eigenvalue weighted by atomic mass is 32.2. The summed E-state index contributed by atoms with van der Waals surface area (Å²) in [5, 5.41) is 2.69. The Morgan fingerprint density at radius 1 is 1.29 bits per heavy atom. The Bertz CT molecular complexity index is 618. The van der Waals surface area contributed by atoms with Crippen molar-refractivity contribution in [1.82, 2.24) is 10.0 Å². The van der Waals surface area contributed by atoms with Crippen LogP contribution in [0.25, 0.3) is 0 Å². The minimum atomic E-state index is -3.72. The molecule has 0 saturated carbocycles. The zero-order valence-electron chi connectivity index (χ0n) is 13.0. The SMILES string of the molecule is COc1ccc(S(=O)(=O)NCC(=O)NC(C)(C)C)cc1C. The Labute approximate surface area is 125 Å². The number of aryl methyl sites for hydroxylation is 1. The number of hydrogen-bond donors (Lipinski definition) is 2. The maximum Gasteiger partial charge on any atom is 0.241 e. The van der Waals surface area contributed by atoms with E-state index in [1.807, 2.05) is 20.8 Å². The summed E-state index contributed by atoms with van der Waals surface area (Å²) in [6, 6.07) is 4.53. The number of methoxy groups -OCH3 is 1. The van der Waals surface area contributed by atoms with Gasteiger partial charge >= 0.3 is 0 Å². The monoisotopic (exact) mass is 314 g/mol. The van der Waals surface area contributed by atoms with E-state index in [4.69, 9.17) is 4.74 Å². The molecule has 7 heteroatoms. The molecule has 1 amide bonds. The van der Waals surface area contributed by atoms with Crippen LogP contribution in [0.2, 0.25) is 0 Å². The standard InChI is InChI=1S/C14H22N2O4S/c1-10-8-11(6-7-12(10)20-5)21(18,19)15-9-13(17)16-14(2,3)4/h6-8,15H,9H2,1-5H3,(H,16,17). The highest BCUT2D eigenvalue weighted by Gasteiger charge is 2.19. The molecule has 0 saturated heterocycles. The molecule has 0 atom stereocenters. The van der Waals surface area contributed by atoms with Gasteiger partial charge in [-0.05, 0) is 51.5 Å². The number of benzene rings is 1. The van der Waals surface area contributed by atoms with Gasteiger partial charge in [-0.15, -0.1) is 0 Å². The van der Waals surface area contributed by atoms with Gasteiger partial charge in [-0.2, -0.15) is 0 Å². The summed E-state index contributed by atoms with van der Waals surface area (Å²) in [7, 11) is -2.21. The molecule has 21 heavy (non-hydrogen) atoms. The molecule has 0 bridgehead atoms. The van der Waals surface area contributed by atoms with Crippen molar-refractivity contribution >= 4 is 15.9 Å². The Morgan fingerprint density at radius 2 is 1.90 bits per heavy atom.